The Labute approximate surface area is 112 Å². The first-order valence-electron chi connectivity index (χ1n) is 7.93. The fraction of sp³-hybridized carbons (Fsp3) is 0.824. The third-order valence-electron chi connectivity index (χ3n) is 4.77. The van der Waals surface area contributed by atoms with Gasteiger partial charge in [0.2, 0.25) is 0 Å². The maximum Gasteiger partial charge on any atom is 0.129 e. The molecule has 2 rings (SSSR count). The summed E-state index contributed by atoms with van der Waals surface area (Å²) in [6.07, 6.45) is 18.0. The van der Waals surface area contributed by atoms with E-state index in [0.717, 1.165) is 30.6 Å². The minimum atomic E-state index is 0.347. The standard InChI is InChI=1S/C17H28O/c1-14(18)8-6-4-2-3-5-7-9-16-12-15-10-11-17(16)13-15/h10-11,15-17H,2-9,12-13H2,1H3. The molecule has 0 aromatic carbocycles. The van der Waals surface area contributed by atoms with Crippen molar-refractivity contribution in [2.24, 2.45) is 17.8 Å². The number of Topliss-reactive ketones (excluding diaryl/α,β-unsaturated/α-hetero) is 1. The van der Waals surface area contributed by atoms with E-state index in [4.69, 9.17) is 0 Å². The molecule has 2 aliphatic carbocycles. The van der Waals surface area contributed by atoms with Crippen LogP contribution in [0.4, 0.5) is 0 Å². The van der Waals surface area contributed by atoms with Gasteiger partial charge < -0.3 is 4.79 Å². The van der Waals surface area contributed by atoms with Crippen LogP contribution in [0, 0.1) is 17.8 Å². The number of hydrogen-bond acceptors (Lipinski definition) is 1. The van der Waals surface area contributed by atoms with Crippen LogP contribution >= 0.6 is 0 Å². The van der Waals surface area contributed by atoms with Gasteiger partial charge in [-0.1, -0.05) is 44.3 Å². The van der Waals surface area contributed by atoms with E-state index in [9.17, 15) is 4.79 Å². The fourth-order valence-electron chi connectivity index (χ4n) is 3.71. The van der Waals surface area contributed by atoms with Crippen molar-refractivity contribution in [3.63, 3.8) is 0 Å². The summed E-state index contributed by atoms with van der Waals surface area (Å²) < 4.78 is 0. The number of carbonyl (C=O) groups excluding carboxylic acids is 1. The zero-order chi connectivity index (χ0) is 12.8. The second-order valence-corrected chi connectivity index (χ2v) is 6.40. The summed E-state index contributed by atoms with van der Waals surface area (Å²) >= 11 is 0. The average Bonchev–Trinajstić information content (AvgIpc) is 2.94. The molecule has 0 radical (unpaired) electrons. The molecule has 0 aromatic heterocycles. The first-order valence-corrected chi connectivity index (χ1v) is 7.93. The SMILES string of the molecule is CC(=O)CCCCCCCCC1CC2C=CC1C2. The summed E-state index contributed by atoms with van der Waals surface area (Å²) in [5.41, 5.74) is 0. The predicted molar refractivity (Wildman–Crippen MR) is 76.5 cm³/mol. The first-order chi connectivity index (χ1) is 8.75. The lowest BCUT2D eigenvalue weighted by Gasteiger charge is -2.17. The van der Waals surface area contributed by atoms with Crippen LogP contribution in [0.3, 0.4) is 0 Å². The fourth-order valence-corrected chi connectivity index (χ4v) is 3.71. The van der Waals surface area contributed by atoms with Gasteiger partial charge in [-0.15, -0.1) is 0 Å². The second-order valence-electron chi connectivity index (χ2n) is 6.40. The van der Waals surface area contributed by atoms with Crippen molar-refractivity contribution in [2.75, 3.05) is 0 Å². The van der Waals surface area contributed by atoms with Gasteiger partial charge in [0, 0.05) is 6.42 Å². The number of carbonyl (C=O) groups is 1. The van der Waals surface area contributed by atoms with Gasteiger partial charge in [0.25, 0.3) is 0 Å². The summed E-state index contributed by atoms with van der Waals surface area (Å²) in [6.45, 7) is 1.70. The molecule has 0 spiro atoms. The molecule has 102 valence electrons. The molecule has 0 heterocycles. The van der Waals surface area contributed by atoms with Crippen molar-refractivity contribution >= 4 is 5.78 Å². The zero-order valence-electron chi connectivity index (χ0n) is 11.9. The lowest BCUT2D eigenvalue weighted by atomic mass is 9.88. The van der Waals surface area contributed by atoms with E-state index in [1.807, 2.05) is 0 Å². The van der Waals surface area contributed by atoms with Crippen molar-refractivity contribution in [3.8, 4) is 0 Å². The van der Waals surface area contributed by atoms with Crippen LogP contribution < -0.4 is 0 Å². The largest absolute Gasteiger partial charge is 0.300 e. The summed E-state index contributed by atoms with van der Waals surface area (Å²) in [5.74, 6) is 3.23. The Morgan fingerprint density at radius 3 is 2.33 bits per heavy atom. The smallest absolute Gasteiger partial charge is 0.129 e. The van der Waals surface area contributed by atoms with Gasteiger partial charge in [0.05, 0.1) is 0 Å². The van der Waals surface area contributed by atoms with Crippen molar-refractivity contribution in [3.05, 3.63) is 12.2 Å². The number of allylic oxidation sites excluding steroid dienone is 2. The Bertz CT molecular complexity index is 292. The quantitative estimate of drug-likeness (QED) is 0.418. The highest BCUT2D eigenvalue weighted by atomic mass is 16.1. The van der Waals surface area contributed by atoms with Gasteiger partial charge in [0.15, 0.2) is 0 Å². The third-order valence-corrected chi connectivity index (χ3v) is 4.77. The Kier molecular flexibility index (Phi) is 5.46. The number of rotatable bonds is 9. The van der Waals surface area contributed by atoms with Crippen LogP contribution in [0.2, 0.25) is 0 Å². The Hall–Kier alpha value is -0.590. The van der Waals surface area contributed by atoms with E-state index in [1.54, 1.807) is 6.92 Å². The maximum absolute atomic E-state index is 10.8. The van der Waals surface area contributed by atoms with Crippen LogP contribution in [-0.4, -0.2) is 5.78 Å². The molecule has 0 aliphatic heterocycles. The second kappa shape index (κ2) is 7.11. The number of ketones is 1. The maximum atomic E-state index is 10.8. The molecule has 2 bridgehead atoms. The molecular formula is C17H28O. The summed E-state index contributed by atoms with van der Waals surface area (Å²) in [4.78, 5) is 10.8. The summed E-state index contributed by atoms with van der Waals surface area (Å²) in [6, 6.07) is 0. The number of fused-ring (bicyclic) bond motifs is 2. The molecule has 18 heavy (non-hydrogen) atoms. The summed E-state index contributed by atoms with van der Waals surface area (Å²) in [5, 5.41) is 0. The van der Waals surface area contributed by atoms with E-state index in [1.165, 1.54) is 51.4 Å². The molecule has 3 atom stereocenters. The van der Waals surface area contributed by atoms with E-state index in [2.05, 4.69) is 12.2 Å². The lowest BCUT2D eigenvalue weighted by molar-refractivity contribution is -0.117. The van der Waals surface area contributed by atoms with E-state index in [-0.39, 0.29) is 0 Å². The molecule has 2 aliphatic rings. The van der Waals surface area contributed by atoms with Crippen molar-refractivity contribution < 1.29 is 4.79 Å². The van der Waals surface area contributed by atoms with Gasteiger partial charge in [-0.05, 0) is 50.4 Å². The summed E-state index contributed by atoms with van der Waals surface area (Å²) in [7, 11) is 0. The van der Waals surface area contributed by atoms with Crippen molar-refractivity contribution in [1.29, 1.82) is 0 Å². The Morgan fingerprint density at radius 1 is 1.00 bits per heavy atom. The van der Waals surface area contributed by atoms with E-state index in [0.29, 0.717) is 5.78 Å². The lowest BCUT2D eigenvalue weighted by Crippen LogP contribution is -2.06. The number of unbranched alkanes of at least 4 members (excludes halogenated alkanes) is 5. The monoisotopic (exact) mass is 248 g/mol. The van der Waals surface area contributed by atoms with Gasteiger partial charge in [-0.3, -0.25) is 0 Å². The van der Waals surface area contributed by atoms with Crippen LogP contribution in [0.15, 0.2) is 12.2 Å². The zero-order valence-corrected chi connectivity index (χ0v) is 11.9. The molecule has 1 saturated carbocycles. The highest BCUT2D eigenvalue weighted by Gasteiger charge is 2.34. The van der Waals surface area contributed by atoms with Gasteiger partial charge in [-0.25, -0.2) is 0 Å². The molecule has 0 N–H and O–H groups in total. The molecule has 1 heteroatoms. The normalized spacial score (nSPS) is 29.1. The van der Waals surface area contributed by atoms with Crippen molar-refractivity contribution in [1.82, 2.24) is 0 Å². The molecule has 1 fully saturated rings. The first kappa shape index (κ1) is 13.8. The van der Waals surface area contributed by atoms with Crippen LogP contribution in [0.1, 0.15) is 71.1 Å². The predicted octanol–water partition coefficient (Wildman–Crippen LogP) is 4.91. The van der Waals surface area contributed by atoms with E-state index >= 15 is 0 Å². The minimum Gasteiger partial charge on any atom is -0.300 e. The Balaban J connectivity index is 1.40. The topological polar surface area (TPSA) is 17.1 Å². The van der Waals surface area contributed by atoms with Gasteiger partial charge in [-0.2, -0.15) is 0 Å². The number of hydrogen-bond donors (Lipinski definition) is 0. The van der Waals surface area contributed by atoms with Crippen LogP contribution in [0.25, 0.3) is 0 Å². The Morgan fingerprint density at radius 2 is 1.72 bits per heavy atom. The molecule has 0 saturated heterocycles. The molecule has 3 unspecified atom stereocenters. The molecule has 0 amide bonds. The highest BCUT2D eigenvalue weighted by molar-refractivity contribution is 5.75. The van der Waals surface area contributed by atoms with Gasteiger partial charge >= 0.3 is 0 Å². The van der Waals surface area contributed by atoms with Gasteiger partial charge in [0.1, 0.15) is 5.78 Å². The molecule has 1 nitrogen and oxygen atoms in total. The highest BCUT2D eigenvalue weighted by Crippen LogP contribution is 2.45. The molecular weight excluding hydrogens is 220 g/mol. The van der Waals surface area contributed by atoms with Crippen LogP contribution in [-0.2, 0) is 4.79 Å². The minimum absolute atomic E-state index is 0.347. The third kappa shape index (κ3) is 4.26. The molecule has 0 aromatic rings. The average molecular weight is 248 g/mol. The van der Waals surface area contributed by atoms with Crippen LogP contribution in [0.5, 0.6) is 0 Å². The van der Waals surface area contributed by atoms with E-state index < -0.39 is 0 Å². The van der Waals surface area contributed by atoms with Crippen molar-refractivity contribution in [2.45, 2.75) is 71.1 Å².